The highest BCUT2D eigenvalue weighted by Crippen LogP contribution is 2.35. The number of hydrogen-bond acceptors (Lipinski definition) is 4. The van der Waals surface area contributed by atoms with Crippen LogP contribution in [0.5, 0.6) is 0 Å². The number of anilines is 1. The molecule has 2 aromatic rings. The maximum absolute atomic E-state index is 13.4. The number of nitrogens with one attached hydrogen (secondary N) is 1. The highest BCUT2D eigenvalue weighted by atomic mass is 16.2. The van der Waals surface area contributed by atoms with E-state index in [0.29, 0.717) is 43.5 Å². The van der Waals surface area contributed by atoms with Crippen LogP contribution in [0.1, 0.15) is 96.8 Å². The van der Waals surface area contributed by atoms with Crippen LogP contribution in [0.25, 0.3) is 0 Å². The van der Waals surface area contributed by atoms with E-state index < -0.39 is 5.54 Å². The van der Waals surface area contributed by atoms with Crippen LogP contribution in [0, 0.1) is 5.41 Å². The Bertz CT molecular complexity index is 1400. The van der Waals surface area contributed by atoms with Crippen LogP contribution < -0.4 is 10.2 Å². The Hall–Kier alpha value is -3.74. The number of nitrogens with zero attached hydrogens (tertiary/aromatic N) is 2. The summed E-state index contributed by atoms with van der Waals surface area (Å²) in [5.41, 5.74) is 4.98. The monoisotopic (exact) mass is 585 g/mol. The molecule has 0 radical (unpaired) electrons. The average molecular weight is 586 g/mol. The second-order valence-corrected chi connectivity index (χ2v) is 13.5. The number of carbonyl (C=O) groups excluding carboxylic acids is 4. The van der Waals surface area contributed by atoms with Crippen molar-refractivity contribution < 1.29 is 19.2 Å². The maximum atomic E-state index is 13.4. The van der Waals surface area contributed by atoms with Crippen LogP contribution in [0.15, 0.2) is 59.7 Å². The minimum atomic E-state index is -0.567. The number of carbonyl (C=O) groups is 4. The summed E-state index contributed by atoms with van der Waals surface area (Å²) < 4.78 is 0. The Kier molecular flexibility index (Phi) is 9.93. The largest absolute Gasteiger partial charge is 0.356 e. The van der Waals surface area contributed by atoms with Crippen molar-refractivity contribution in [3.63, 3.8) is 0 Å². The summed E-state index contributed by atoms with van der Waals surface area (Å²) >= 11 is 0. The first-order valence-electron chi connectivity index (χ1n) is 15.6. The SMILES string of the molecule is CC1=C(C)C(=O)N(C(C)(C)CCCC(C)(C)CCC(=O)NCCC(=O)N2Cc3ccccc3CCc3ccccc32)C1=O. The minimum Gasteiger partial charge on any atom is -0.356 e. The standard InChI is InChI=1S/C36H47N3O4/c1-25-26(2)34(43)39(33(25)42)36(5,6)21-11-20-35(3,4)22-18-31(40)37-23-19-32(41)38-24-29-14-8-7-12-27(29)16-17-28-13-9-10-15-30(28)38/h7-10,12-15H,11,16-24H2,1-6H3,(H,37,40). The van der Waals surface area contributed by atoms with E-state index in [2.05, 4.69) is 37.4 Å². The quantitative estimate of drug-likeness (QED) is 0.314. The van der Waals surface area contributed by atoms with Gasteiger partial charge in [0.1, 0.15) is 0 Å². The van der Waals surface area contributed by atoms with Crippen molar-refractivity contribution in [2.75, 3.05) is 11.4 Å². The number of fused-ring (bicyclic) bond motifs is 2. The van der Waals surface area contributed by atoms with E-state index in [0.717, 1.165) is 31.4 Å². The molecule has 0 fully saturated rings. The van der Waals surface area contributed by atoms with Gasteiger partial charge < -0.3 is 10.2 Å². The fraction of sp³-hybridized carbons (Fsp3) is 0.500. The molecule has 0 atom stereocenters. The lowest BCUT2D eigenvalue weighted by Gasteiger charge is -2.35. The molecule has 0 saturated carbocycles. The Morgan fingerprint density at radius 3 is 2.02 bits per heavy atom. The summed E-state index contributed by atoms with van der Waals surface area (Å²) in [6, 6.07) is 16.4. The van der Waals surface area contributed by atoms with Crippen LogP contribution in [0.2, 0.25) is 0 Å². The number of amides is 4. The molecule has 0 aromatic heterocycles. The molecular weight excluding hydrogens is 538 g/mol. The zero-order chi connectivity index (χ0) is 31.4. The van der Waals surface area contributed by atoms with E-state index in [-0.39, 0.29) is 35.5 Å². The van der Waals surface area contributed by atoms with Crippen molar-refractivity contribution in [3.8, 4) is 0 Å². The lowest BCUT2D eigenvalue weighted by atomic mass is 9.80. The zero-order valence-corrected chi connectivity index (χ0v) is 26.7. The van der Waals surface area contributed by atoms with Gasteiger partial charge in [-0.15, -0.1) is 0 Å². The molecule has 230 valence electrons. The highest BCUT2D eigenvalue weighted by molar-refractivity contribution is 6.19. The average Bonchev–Trinajstić information content (AvgIpc) is 3.15. The van der Waals surface area contributed by atoms with E-state index >= 15 is 0 Å². The summed E-state index contributed by atoms with van der Waals surface area (Å²) in [6.45, 7) is 12.4. The molecule has 2 aliphatic rings. The molecular formula is C36H47N3O4. The predicted octanol–water partition coefficient (Wildman–Crippen LogP) is 6.29. The van der Waals surface area contributed by atoms with Gasteiger partial charge in [0.15, 0.2) is 0 Å². The topological polar surface area (TPSA) is 86.8 Å². The summed E-state index contributed by atoms with van der Waals surface area (Å²) in [5, 5.41) is 2.96. The highest BCUT2D eigenvalue weighted by Gasteiger charge is 2.42. The predicted molar refractivity (Wildman–Crippen MR) is 170 cm³/mol. The minimum absolute atomic E-state index is 0.00273. The first-order chi connectivity index (χ1) is 20.3. The molecule has 43 heavy (non-hydrogen) atoms. The summed E-state index contributed by atoms with van der Waals surface area (Å²) in [6.07, 6.45) is 5.58. The van der Waals surface area contributed by atoms with Gasteiger partial charge in [0.25, 0.3) is 11.8 Å². The van der Waals surface area contributed by atoms with Crippen LogP contribution in [-0.2, 0) is 38.6 Å². The van der Waals surface area contributed by atoms with E-state index in [4.69, 9.17) is 0 Å². The van der Waals surface area contributed by atoms with E-state index in [1.54, 1.807) is 13.8 Å². The molecule has 2 aromatic carbocycles. The fourth-order valence-corrected chi connectivity index (χ4v) is 6.21. The van der Waals surface area contributed by atoms with Crippen LogP contribution in [0.4, 0.5) is 5.69 Å². The van der Waals surface area contributed by atoms with Gasteiger partial charge in [-0.05, 0) is 88.0 Å². The molecule has 2 heterocycles. The number of aryl methyl sites for hydroxylation is 2. The molecule has 7 nitrogen and oxygen atoms in total. The third kappa shape index (κ3) is 7.62. The van der Waals surface area contributed by atoms with E-state index in [9.17, 15) is 19.2 Å². The Morgan fingerprint density at radius 2 is 1.35 bits per heavy atom. The third-order valence-corrected chi connectivity index (χ3v) is 9.24. The van der Waals surface area contributed by atoms with Gasteiger partial charge in [0, 0.05) is 41.8 Å². The number of hydrogen-bond donors (Lipinski definition) is 1. The van der Waals surface area contributed by atoms with Gasteiger partial charge in [-0.2, -0.15) is 0 Å². The number of para-hydroxylation sites is 1. The van der Waals surface area contributed by atoms with Gasteiger partial charge >= 0.3 is 0 Å². The smallest absolute Gasteiger partial charge is 0.257 e. The summed E-state index contributed by atoms with van der Waals surface area (Å²) in [7, 11) is 0. The van der Waals surface area contributed by atoms with Crippen molar-refractivity contribution in [1.29, 1.82) is 0 Å². The third-order valence-electron chi connectivity index (χ3n) is 9.24. The maximum Gasteiger partial charge on any atom is 0.257 e. The summed E-state index contributed by atoms with van der Waals surface area (Å²) in [4.78, 5) is 54.7. The Balaban J connectivity index is 1.23. The molecule has 2 aliphatic heterocycles. The fourth-order valence-electron chi connectivity index (χ4n) is 6.21. The van der Waals surface area contributed by atoms with E-state index in [1.807, 2.05) is 49.1 Å². The molecule has 0 bridgehead atoms. The van der Waals surface area contributed by atoms with Gasteiger partial charge in [-0.3, -0.25) is 24.1 Å². The molecule has 0 saturated heterocycles. The Morgan fingerprint density at radius 1 is 0.767 bits per heavy atom. The summed E-state index contributed by atoms with van der Waals surface area (Å²) in [5.74, 6) is -0.433. The lowest BCUT2D eigenvalue weighted by molar-refractivity contribution is -0.144. The molecule has 1 N–H and O–H groups in total. The van der Waals surface area contributed by atoms with Gasteiger partial charge in [-0.25, -0.2) is 0 Å². The van der Waals surface area contributed by atoms with Crippen LogP contribution in [0.3, 0.4) is 0 Å². The lowest BCUT2D eigenvalue weighted by Crippen LogP contribution is -2.48. The van der Waals surface area contributed by atoms with Crippen LogP contribution >= 0.6 is 0 Å². The molecule has 0 aliphatic carbocycles. The first kappa shape index (κ1) is 32.2. The molecule has 7 heteroatoms. The first-order valence-corrected chi connectivity index (χ1v) is 15.6. The van der Waals surface area contributed by atoms with Crippen molar-refractivity contribution in [2.24, 2.45) is 5.41 Å². The number of benzene rings is 2. The molecule has 0 unspecified atom stereocenters. The van der Waals surface area contributed by atoms with Crippen molar-refractivity contribution >= 4 is 29.3 Å². The van der Waals surface area contributed by atoms with Crippen LogP contribution in [-0.4, -0.2) is 40.6 Å². The molecule has 0 spiro atoms. The second-order valence-electron chi connectivity index (χ2n) is 13.5. The van der Waals surface area contributed by atoms with E-state index in [1.165, 1.54) is 21.6 Å². The molecule has 4 rings (SSSR count). The van der Waals surface area contributed by atoms with Gasteiger partial charge in [-0.1, -0.05) is 62.7 Å². The van der Waals surface area contributed by atoms with Crippen molar-refractivity contribution in [3.05, 3.63) is 76.4 Å². The van der Waals surface area contributed by atoms with Gasteiger partial charge in [0.05, 0.1) is 6.54 Å². The number of imide groups is 1. The molecule has 4 amide bonds. The van der Waals surface area contributed by atoms with Gasteiger partial charge in [0.2, 0.25) is 11.8 Å². The zero-order valence-electron chi connectivity index (χ0n) is 26.7. The van der Waals surface area contributed by atoms with Crippen molar-refractivity contribution in [2.45, 2.75) is 105 Å². The second kappa shape index (κ2) is 13.3. The number of rotatable bonds is 11. The van der Waals surface area contributed by atoms with Crippen molar-refractivity contribution in [1.82, 2.24) is 10.2 Å². The normalized spacial score (nSPS) is 15.7. The Labute approximate surface area is 256 Å².